The van der Waals surface area contributed by atoms with Crippen LogP contribution in [0.15, 0.2) is 53.4 Å². The summed E-state index contributed by atoms with van der Waals surface area (Å²) in [6.07, 6.45) is 0.730. The third-order valence-corrected chi connectivity index (χ3v) is 6.45. The lowest BCUT2D eigenvalue weighted by Crippen LogP contribution is -2.33. The molecular weight excluding hydrogens is 444 g/mol. The fraction of sp³-hybridized carbons (Fsp3) is 0.348. The van der Waals surface area contributed by atoms with E-state index >= 15 is 0 Å². The number of benzene rings is 2. The first-order valence-electron chi connectivity index (χ1n) is 10.6. The van der Waals surface area contributed by atoms with Crippen molar-refractivity contribution in [3.63, 3.8) is 0 Å². The Morgan fingerprint density at radius 1 is 1.09 bits per heavy atom. The molecule has 1 fully saturated rings. The first kappa shape index (κ1) is 24.4. The summed E-state index contributed by atoms with van der Waals surface area (Å²) in [7, 11) is -3.73. The van der Waals surface area contributed by atoms with Crippen molar-refractivity contribution < 1.29 is 22.8 Å². The zero-order valence-electron chi connectivity index (χ0n) is 18.6. The van der Waals surface area contributed by atoms with Crippen molar-refractivity contribution in [2.45, 2.75) is 37.6 Å². The van der Waals surface area contributed by atoms with Crippen molar-refractivity contribution in [3.8, 4) is 0 Å². The van der Waals surface area contributed by atoms with Crippen LogP contribution in [0.4, 0.5) is 5.69 Å². The summed E-state index contributed by atoms with van der Waals surface area (Å²) in [5.41, 5.74) is 1.86. The monoisotopic (exact) mass is 472 g/mol. The Hall–Kier alpha value is -3.24. The molecule has 0 saturated carbocycles. The summed E-state index contributed by atoms with van der Waals surface area (Å²) in [5, 5.41) is 10.7. The molecule has 10 heteroatoms. The van der Waals surface area contributed by atoms with Gasteiger partial charge in [-0.15, -0.1) is 0 Å². The molecule has 1 heterocycles. The number of nitrogens with zero attached hydrogens (tertiary/aromatic N) is 1. The first-order valence-corrected chi connectivity index (χ1v) is 12.2. The summed E-state index contributed by atoms with van der Waals surface area (Å²) in [4.78, 5) is 38.6. The number of nitrogens with one attached hydrogen (secondary N) is 2. The number of rotatable bonds is 8. The third-order valence-electron chi connectivity index (χ3n) is 5.52. The molecule has 0 aliphatic carbocycles. The molecule has 1 aliphatic heterocycles. The number of likely N-dealkylation sites (tertiary alicyclic amines) is 1. The van der Waals surface area contributed by atoms with Gasteiger partial charge in [0.15, 0.2) is 0 Å². The van der Waals surface area contributed by atoms with Crippen LogP contribution >= 0.6 is 0 Å². The lowest BCUT2D eigenvalue weighted by molar-refractivity contribution is -0.129. The molecule has 1 saturated heterocycles. The summed E-state index contributed by atoms with van der Waals surface area (Å²) >= 11 is 0. The predicted octanol–water partition coefficient (Wildman–Crippen LogP) is 1.50. The maximum atomic E-state index is 12.5. The van der Waals surface area contributed by atoms with E-state index in [1.807, 2.05) is 13.8 Å². The number of nitrogens with two attached hydrogens (primary N) is 1. The maximum Gasteiger partial charge on any atom is 0.251 e. The van der Waals surface area contributed by atoms with Gasteiger partial charge >= 0.3 is 0 Å². The highest BCUT2D eigenvalue weighted by Gasteiger charge is 2.35. The van der Waals surface area contributed by atoms with Gasteiger partial charge in [0.1, 0.15) is 0 Å². The minimum absolute atomic E-state index is 0.0162. The Labute approximate surface area is 193 Å². The number of carbonyl (C=O) groups excluding carboxylic acids is 3. The normalized spacial score (nSPS) is 16.2. The lowest BCUT2D eigenvalue weighted by atomic mass is 10.1. The van der Waals surface area contributed by atoms with Gasteiger partial charge in [-0.3, -0.25) is 14.4 Å². The molecule has 0 spiro atoms. The van der Waals surface area contributed by atoms with E-state index in [9.17, 15) is 22.8 Å². The van der Waals surface area contributed by atoms with Gasteiger partial charge in [-0.1, -0.05) is 12.1 Å². The lowest BCUT2D eigenvalue weighted by Gasteiger charge is -2.20. The Morgan fingerprint density at radius 3 is 2.27 bits per heavy atom. The predicted molar refractivity (Wildman–Crippen MR) is 124 cm³/mol. The molecule has 33 heavy (non-hydrogen) atoms. The number of sulfonamides is 1. The van der Waals surface area contributed by atoms with Crippen molar-refractivity contribution in [2.75, 3.05) is 18.4 Å². The van der Waals surface area contributed by atoms with E-state index in [0.717, 1.165) is 5.56 Å². The Morgan fingerprint density at radius 2 is 1.73 bits per heavy atom. The average Bonchev–Trinajstić information content (AvgIpc) is 3.16. The van der Waals surface area contributed by atoms with Gasteiger partial charge in [-0.05, 0) is 62.2 Å². The summed E-state index contributed by atoms with van der Waals surface area (Å²) in [5.74, 6) is -0.875. The molecule has 2 aromatic carbocycles. The number of hydrogen-bond donors (Lipinski definition) is 3. The van der Waals surface area contributed by atoms with Crippen LogP contribution in [0.5, 0.6) is 0 Å². The molecule has 9 nitrogen and oxygen atoms in total. The van der Waals surface area contributed by atoms with E-state index in [-0.39, 0.29) is 41.0 Å². The molecule has 3 rings (SSSR count). The molecule has 176 valence electrons. The molecule has 2 aromatic rings. The molecule has 3 amide bonds. The van der Waals surface area contributed by atoms with Gasteiger partial charge in [-0.2, -0.15) is 0 Å². The van der Waals surface area contributed by atoms with E-state index in [0.29, 0.717) is 30.8 Å². The van der Waals surface area contributed by atoms with E-state index < -0.39 is 10.0 Å². The maximum absolute atomic E-state index is 12.5. The van der Waals surface area contributed by atoms with Gasteiger partial charge in [0.2, 0.25) is 21.8 Å². The van der Waals surface area contributed by atoms with Crippen molar-refractivity contribution in [3.05, 3.63) is 59.7 Å². The van der Waals surface area contributed by atoms with Crippen LogP contribution in [0, 0.1) is 5.92 Å². The van der Waals surface area contributed by atoms with Crippen LogP contribution in [0.2, 0.25) is 0 Å². The third kappa shape index (κ3) is 6.39. The number of amides is 3. The van der Waals surface area contributed by atoms with Crippen LogP contribution in [0.1, 0.15) is 36.2 Å². The molecule has 1 unspecified atom stereocenters. The first-order chi connectivity index (χ1) is 15.5. The van der Waals surface area contributed by atoms with Crippen LogP contribution in [0.25, 0.3) is 0 Å². The van der Waals surface area contributed by atoms with Gasteiger partial charge in [0.05, 0.1) is 10.8 Å². The largest absolute Gasteiger partial charge is 0.352 e. The fourth-order valence-electron chi connectivity index (χ4n) is 3.62. The summed E-state index contributed by atoms with van der Waals surface area (Å²) < 4.78 is 22.6. The fourth-order valence-corrected chi connectivity index (χ4v) is 4.14. The van der Waals surface area contributed by atoms with E-state index in [2.05, 4.69) is 10.6 Å². The molecule has 0 radical (unpaired) electrons. The standard InChI is InChI=1S/C23H28N4O5S/c1-15(2)27-14-18(13-21(27)28)23(30)26-19-7-5-17(6-8-19)22(29)25-12-11-16-3-9-20(10-4-16)33(24,31)32/h3-10,15,18H,11-14H2,1-2H3,(H,25,29)(H,26,30)(H2,24,31,32). The van der Waals surface area contributed by atoms with E-state index in [4.69, 9.17) is 5.14 Å². The van der Waals surface area contributed by atoms with Crippen LogP contribution in [0.3, 0.4) is 0 Å². The SMILES string of the molecule is CC(C)N1CC(C(=O)Nc2ccc(C(=O)NCCc3ccc(S(N)(=O)=O)cc3)cc2)CC1=O. The van der Waals surface area contributed by atoms with Crippen molar-refractivity contribution >= 4 is 33.4 Å². The average molecular weight is 473 g/mol. The van der Waals surface area contributed by atoms with Crippen molar-refractivity contribution in [2.24, 2.45) is 11.1 Å². The second-order valence-corrected chi connectivity index (χ2v) is 9.86. The van der Waals surface area contributed by atoms with Crippen LogP contribution in [-0.2, 0) is 26.0 Å². The zero-order chi connectivity index (χ0) is 24.2. The highest BCUT2D eigenvalue weighted by atomic mass is 32.2. The second-order valence-electron chi connectivity index (χ2n) is 8.30. The van der Waals surface area contributed by atoms with E-state index in [1.165, 1.54) is 12.1 Å². The minimum atomic E-state index is -3.73. The number of carbonyl (C=O) groups is 3. The molecule has 1 aliphatic rings. The molecule has 0 bridgehead atoms. The highest BCUT2D eigenvalue weighted by Crippen LogP contribution is 2.22. The molecule has 1 atom stereocenters. The summed E-state index contributed by atoms with van der Waals surface area (Å²) in [6.45, 7) is 4.62. The van der Waals surface area contributed by atoms with Gasteiger partial charge in [0, 0.05) is 36.8 Å². The molecular formula is C23H28N4O5S. The van der Waals surface area contributed by atoms with Gasteiger partial charge in [-0.25, -0.2) is 13.6 Å². The zero-order valence-corrected chi connectivity index (χ0v) is 19.4. The van der Waals surface area contributed by atoms with Crippen molar-refractivity contribution in [1.29, 1.82) is 0 Å². The second kappa shape index (κ2) is 10.1. The smallest absolute Gasteiger partial charge is 0.251 e. The van der Waals surface area contributed by atoms with Crippen molar-refractivity contribution in [1.82, 2.24) is 10.2 Å². The quantitative estimate of drug-likeness (QED) is 0.534. The summed E-state index contributed by atoms with van der Waals surface area (Å²) in [6, 6.07) is 12.8. The molecule has 0 aromatic heterocycles. The minimum Gasteiger partial charge on any atom is -0.352 e. The number of anilines is 1. The van der Waals surface area contributed by atoms with Gasteiger partial charge < -0.3 is 15.5 Å². The molecule has 4 N–H and O–H groups in total. The van der Waals surface area contributed by atoms with Crippen LogP contribution < -0.4 is 15.8 Å². The van der Waals surface area contributed by atoms with E-state index in [1.54, 1.807) is 41.3 Å². The van der Waals surface area contributed by atoms with Gasteiger partial charge in [0.25, 0.3) is 5.91 Å². The Balaban J connectivity index is 1.48. The number of hydrogen-bond acceptors (Lipinski definition) is 5. The Bertz CT molecular complexity index is 1130. The Kier molecular flexibility index (Phi) is 7.50. The van der Waals surface area contributed by atoms with Crippen LogP contribution in [-0.4, -0.2) is 50.2 Å². The topological polar surface area (TPSA) is 139 Å². The number of primary sulfonamides is 1. The highest BCUT2D eigenvalue weighted by molar-refractivity contribution is 7.89.